The lowest BCUT2D eigenvalue weighted by molar-refractivity contribution is 0.797. The van der Waals surface area contributed by atoms with Crippen molar-refractivity contribution in [2.75, 3.05) is 5.43 Å². The number of aryl methyl sites for hydroxylation is 2. The number of para-hydroxylation sites is 1. The van der Waals surface area contributed by atoms with Crippen molar-refractivity contribution in [1.29, 1.82) is 0 Å². The van der Waals surface area contributed by atoms with E-state index in [0.29, 0.717) is 12.4 Å². The summed E-state index contributed by atoms with van der Waals surface area (Å²) in [5.74, 6) is 0.352. The van der Waals surface area contributed by atoms with Crippen molar-refractivity contribution < 1.29 is 0 Å². The van der Waals surface area contributed by atoms with Crippen molar-refractivity contribution in [3.8, 4) is 0 Å². The second-order valence-corrected chi connectivity index (χ2v) is 5.20. The summed E-state index contributed by atoms with van der Waals surface area (Å²) in [5.41, 5.74) is 5.54. The van der Waals surface area contributed by atoms with Crippen LogP contribution in [0.2, 0.25) is 0 Å². The Morgan fingerprint density at radius 1 is 1.35 bits per heavy atom. The molecule has 3 rings (SSSR count). The number of nitrogens with one attached hydrogen (secondary N) is 2. The van der Waals surface area contributed by atoms with E-state index in [2.05, 4.69) is 50.3 Å². The average Bonchev–Trinajstić information content (AvgIpc) is 2.92. The highest BCUT2D eigenvalue weighted by Crippen LogP contribution is 2.19. The molecule has 23 heavy (non-hydrogen) atoms. The SMILES string of the molecule is CCc1cc(=O)[nH]c(N/N=C\c2cn(CC)c3ccccc23)n1. The normalized spacial score (nSPS) is 11.4. The Balaban J connectivity index is 1.86. The number of aromatic nitrogens is 3. The van der Waals surface area contributed by atoms with E-state index in [1.165, 1.54) is 11.6 Å². The van der Waals surface area contributed by atoms with Gasteiger partial charge in [0, 0.05) is 41.0 Å². The van der Waals surface area contributed by atoms with Crippen LogP contribution in [0.5, 0.6) is 0 Å². The summed E-state index contributed by atoms with van der Waals surface area (Å²) >= 11 is 0. The second-order valence-electron chi connectivity index (χ2n) is 5.20. The standard InChI is InChI=1S/C17H19N5O/c1-3-13-9-16(23)20-17(19-13)21-18-10-12-11-22(4-2)15-8-6-5-7-14(12)15/h5-11H,3-4H2,1-2H3,(H2,19,20,21,23)/b18-10-. The number of anilines is 1. The monoisotopic (exact) mass is 309 g/mol. The van der Waals surface area contributed by atoms with Crippen LogP contribution in [0.25, 0.3) is 10.9 Å². The third-order valence-corrected chi connectivity index (χ3v) is 3.69. The number of hydrazone groups is 1. The van der Waals surface area contributed by atoms with Crippen molar-refractivity contribution in [1.82, 2.24) is 14.5 Å². The van der Waals surface area contributed by atoms with Gasteiger partial charge in [0.25, 0.3) is 5.56 Å². The Bertz CT molecular complexity index is 907. The molecule has 0 bridgehead atoms. The summed E-state index contributed by atoms with van der Waals surface area (Å²) < 4.78 is 2.18. The van der Waals surface area contributed by atoms with Gasteiger partial charge < -0.3 is 4.57 Å². The third kappa shape index (κ3) is 3.15. The lowest BCUT2D eigenvalue weighted by atomic mass is 10.2. The van der Waals surface area contributed by atoms with Gasteiger partial charge in [-0.25, -0.2) is 10.4 Å². The molecule has 0 amide bonds. The maximum Gasteiger partial charge on any atom is 0.252 e. The van der Waals surface area contributed by atoms with Crippen molar-refractivity contribution in [3.63, 3.8) is 0 Å². The topological polar surface area (TPSA) is 75.1 Å². The molecule has 0 aliphatic heterocycles. The number of fused-ring (bicyclic) bond motifs is 1. The highest BCUT2D eigenvalue weighted by atomic mass is 16.1. The second kappa shape index (κ2) is 6.48. The van der Waals surface area contributed by atoms with E-state index in [4.69, 9.17) is 0 Å². The van der Waals surface area contributed by atoms with Crippen LogP contribution in [0, 0.1) is 0 Å². The average molecular weight is 309 g/mol. The number of nitrogens with zero attached hydrogens (tertiary/aromatic N) is 3. The van der Waals surface area contributed by atoms with Crippen molar-refractivity contribution in [2.45, 2.75) is 26.8 Å². The molecule has 1 aromatic carbocycles. The number of rotatable bonds is 5. The van der Waals surface area contributed by atoms with Gasteiger partial charge in [0.2, 0.25) is 5.95 Å². The quantitative estimate of drug-likeness (QED) is 0.562. The lowest BCUT2D eigenvalue weighted by Gasteiger charge is -2.00. The molecule has 3 aromatic rings. The van der Waals surface area contributed by atoms with Gasteiger partial charge in [-0.1, -0.05) is 25.1 Å². The Labute approximate surface area is 133 Å². The Morgan fingerprint density at radius 3 is 2.96 bits per heavy atom. The van der Waals surface area contributed by atoms with E-state index < -0.39 is 0 Å². The molecule has 2 aromatic heterocycles. The van der Waals surface area contributed by atoms with Crippen LogP contribution in [0.15, 0.2) is 46.4 Å². The zero-order valence-electron chi connectivity index (χ0n) is 13.2. The van der Waals surface area contributed by atoms with E-state index in [9.17, 15) is 4.79 Å². The van der Waals surface area contributed by atoms with Gasteiger partial charge in [-0.15, -0.1) is 0 Å². The Hall–Kier alpha value is -2.89. The van der Waals surface area contributed by atoms with E-state index in [1.807, 2.05) is 19.1 Å². The van der Waals surface area contributed by atoms with Gasteiger partial charge >= 0.3 is 0 Å². The number of benzene rings is 1. The Morgan fingerprint density at radius 2 is 2.17 bits per heavy atom. The fourth-order valence-corrected chi connectivity index (χ4v) is 2.54. The van der Waals surface area contributed by atoms with Gasteiger partial charge in [0.05, 0.1) is 6.21 Å². The minimum absolute atomic E-state index is 0.183. The van der Waals surface area contributed by atoms with Gasteiger partial charge in [0.15, 0.2) is 0 Å². The zero-order valence-corrected chi connectivity index (χ0v) is 13.2. The Kier molecular flexibility index (Phi) is 4.23. The van der Waals surface area contributed by atoms with E-state index in [1.54, 1.807) is 6.21 Å². The molecule has 0 atom stereocenters. The predicted molar refractivity (Wildman–Crippen MR) is 93.1 cm³/mol. The summed E-state index contributed by atoms with van der Waals surface area (Å²) in [6.07, 6.45) is 4.51. The molecular weight excluding hydrogens is 290 g/mol. The summed E-state index contributed by atoms with van der Waals surface area (Å²) in [7, 11) is 0. The van der Waals surface area contributed by atoms with Gasteiger partial charge in [-0.05, 0) is 19.4 Å². The smallest absolute Gasteiger partial charge is 0.252 e. The molecule has 0 aliphatic carbocycles. The molecule has 0 aliphatic rings. The van der Waals surface area contributed by atoms with Crippen LogP contribution in [0.1, 0.15) is 25.1 Å². The first kappa shape index (κ1) is 15.0. The molecule has 0 spiro atoms. The van der Waals surface area contributed by atoms with E-state index in [0.717, 1.165) is 23.2 Å². The van der Waals surface area contributed by atoms with Gasteiger partial charge in [0.1, 0.15) is 0 Å². The molecule has 6 nitrogen and oxygen atoms in total. The summed E-state index contributed by atoms with van der Waals surface area (Å²) in [4.78, 5) is 18.4. The van der Waals surface area contributed by atoms with Crippen molar-refractivity contribution >= 4 is 23.1 Å². The number of hydrogen-bond acceptors (Lipinski definition) is 4. The van der Waals surface area contributed by atoms with Gasteiger partial charge in [-0.3, -0.25) is 9.78 Å². The van der Waals surface area contributed by atoms with Crippen LogP contribution in [-0.4, -0.2) is 20.7 Å². The first-order valence-electron chi connectivity index (χ1n) is 7.68. The molecule has 0 fully saturated rings. The van der Waals surface area contributed by atoms with Crippen LogP contribution in [0.3, 0.4) is 0 Å². The fourth-order valence-electron chi connectivity index (χ4n) is 2.54. The maximum atomic E-state index is 11.5. The highest BCUT2D eigenvalue weighted by molar-refractivity contribution is 5.99. The molecular formula is C17H19N5O. The number of H-pyrrole nitrogens is 1. The lowest BCUT2D eigenvalue weighted by Crippen LogP contribution is -2.11. The summed E-state index contributed by atoms with van der Waals surface area (Å²) in [6, 6.07) is 9.69. The van der Waals surface area contributed by atoms with Crippen LogP contribution < -0.4 is 11.0 Å². The van der Waals surface area contributed by atoms with E-state index >= 15 is 0 Å². The largest absolute Gasteiger partial charge is 0.347 e. The fraction of sp³-hybridized carbons (Fsp3) is 0.235. The molecule has 0 saturated carbocycles. The zero-order chi connectivity index (χ0) is 16.2. The third-order valence-electron chi connectivity index (χ3n) is 3.69. The molecule has 0 unspecified atom stereocenters. The molecule has 2 heterocycles. The summed E-state index contributed by atoms with van der Waals surface area (Å²) in [5, 5.41) is 5.35. The first-order chi connectivity index (χ1) is 11.2. The molecule has 0 radical (unpaired) electrons. The van der Waals surface area contributed by atoms with Crippen LogP contribution in [0.4, 0.5) is 5.95 Å². The minimum atomic E-state index is -0.183. The van der Waals surface area contributed by atoms with Crippen molar-refractivity contribution in [3.05, 3.63) is 58.1 Å². The molecule has 6 heteroatoms. The molecule has 2 N–H and O–H groups in total. The number of aromatic amines is 1. The van der Waals surface area contributed by atoms with Gasteiger partial charge in [-0.2, -0.15) is 5.10 Å². The van der Waals surface area contributed by atoms with E-state index in [-0.39, 0.29) is 5.56 Å². The maximum absolute atomic E-state index is 11.5. The summed E-state index contributed by atoms with van der Waals surface area (Å²) in [6.45, 7) is 4.96. The number of hydrogen-bond donors (Lipinski definition) is 2. The molecule has 0 saturated heterocycles. The predicted octanol–water partition coefficient (Wildman–Crippen LogP) is 2.75. The first-order valence-corrected chi connectivity index (χ1v) is 7.68. The van der Waals surface area contributed by atoms with Crippen molar-refractivity contribution in [2.24, 2.45) is 5.10 Å². The molecule has 118 valence electrons. The highest BCUT2D eigenvalue weighted by Gasteiger charge is 2.05. The van der Waals surface area contributed by atoms with Crippen LogP contribution in [-0.2, 0) is 13.0 Å². The minimum Gasteiger partial charge on any atom is -0.347 e. The van der Waals surface area contributed by atoms with Crippen LogP contribution >= 0.6 is 0 Å².